The third-order valence-corrected chi connectivity index (χ3v) is 6.02. The number of amides is 3. The molecule has 0 spiro atoms. The number of nitrogens with zero attached hydrogens (tertiary/aromatic N) is 4. The molecule has 10 nitrogen and oxygen atoms in total. The number of hydrogen-bond acceptors (Lipinski definition) is 7. The molecule has 0 bridgehead atoms. The van der Waals surface area contributed by atoms with Gasteiger partial charge in [-0.2, -0.15) is 0 Å². The maximum Gasteiger partial charge on any atom is 0.420 e. The number of carbonyl (C=O) groups is 3. The number of anilines is 1. The summed E-state index contributed by atoms with van der Waals surface area (Å²) in [7, 11) is 0. The Labute approximate surface area is 219 Å². The number of halogens is 1. The fourth-order valence-corrected chi connectivity index (χ4v) is 4.46. The average molecular weight is 565 g/mol. The van der Waals surface area contributed by atoms with E-state index >= 15 is 0 Å². The van der Waals surface area contributed by atoms with Gasteiger partial charge in [-0.3, -0.25) is 0 Å². The Morgan fingerprint density at radius 3 is 1.97 bits per heavy atom. The van der Waals surface area contributed by atoms with Crippen LogP contribution in [0.1, 0.15) is 67.2 Å². The van der Waals surface area contributed by atoms with Crippen molar-refractivity contribution in [2.75, 3.05) is 4.90 Å². The van der Waals surface area contributed by atoms with Crippen LogP contribution in [0.25, 0.3) is 10.9 Å². The van der Waals surface area contributed by atoms with Crippen molar-refractivity contribution in [2.45, 2.75) is 90.5 Å². The minimum atomic E-state index is -1.16. The van der Waals surface area contributed by atoms with Crippen LogP contribution in [0.2, 0.25) is 0 Å². The number of carboxylic acid groups (broad SMARTS) is 1. The van der Waals surface area contributed by atoms with Gasteiger partial charge in [0.25, 0.3) is 0 Å². The van der Waals surface area contributed by atoms with Crippen molar-refractivity contribution in [1.82, 2.24) is 14.9 Å². The van der Waals surface area contributed by atoms with E-state index < -0.39 is 41.6 Å². The number of hydrogen-bond donors (Lipinski definition) is 1. The first kappa shape index (κ1) is 27.6. The Bertz CT molecular complexity index is 1110. The van der Waals surface area contributed by atoms with Crippen molar-refractivity contribution in [2.24, 2.45) is 0 Å². The van der Waals surface area contributed by atoms with E-state index in [1.165, 1.54) is 4.90 Å². The summed E-state index contributed by atoms with van der Waals surface area (Å²) in [5.74, 6) is 0.0944. The molecule has 2 aromatic rings. The van der Waals surface area contributed by atoms with Gasteiger partial charge < -0.3 is 14.6 Å². The smallest absolute Gasteiger partial charge is 0.420 e. The Hall–Kier alpha value is -2.95. The minimum absolute atomic E-state index is 0.0944. The number of aromatic nitrogens is 2. The summed E-state index contributed by atoms with van der Waals surface area (Å²) in [6, 6.07) is 4.58. The Morgan fingerprint density at radius 1 is 0.944 bits per heavy atom. The fraction of sp³-hybridized carbons (Fsp3) is 0.560. The highest BCUT2D eigenvalue weighted by Gasteiger charge is 2.40. The van der Waals surface area contributed by atoms with E-state index in [0.29, 0.717) is 31.2 Å². The van der Waals surface area contributed by atoms with Crippen molar-refractivity contribution in [3.8, 4) is 0 Å². The normalized spacial score (nSPS) is 18.4. The lowest BCUT2D eigenvalue weighted by Gasteiger charge is -2.38. The van der Waals surface area contributed by atoms with Gasteiger partial charge in [-0.1, -0.05) is 15.9 Å². The summed E-state index contributed by atoms with van der Waals surface area (Å²) < 4.78 is 11.8. The Kier molecular flexibility index (Phi) is 8.12. The number of carbonyl (C=O) groups excluding carboxylic acids is 2. The molecule has 0 radical (unpaired) electrons. The maximum absolute atomic E-state index is 13.0. The summed E-state index contributed by atoms with van der Waals surface area (Å²) >= 11 is 3.41. The summed E-state index contributed by atoms with van der Waals surface area (Å²) in [5, 5.41) is 10.8. The number of imide groups is 1. The van der Waals surface area contributed by atoms with Gasteiger partial charge in [-0.05, 0) is 85.4 Å². The van der Waals surface area contributed by atoms with Crippen LogP contribution < -0.4 is 4.90 Å². The number of rotatable bonds is 3. The number of ether oxygens (including phenoxy) is 2. The molecule has 1 aromatic carbocycles. The molecule has 36 heavy (non-hydrogen) atoms. The molecule has 196 valence electrons. The van der Waals surface area contributed by atoms with E-state index in [0.717, 1.165) is 14.8 Å². The zero-order chi connectivity index (χ0) is 26.8. The third kappa shape index (κ3) is 7.05. The lowest BCUT2D eigenvalue weighted by Crippen LogP contribution is -2.52. The van der Waals surface area contributed by atoms with E-state index in [1.807, 2.05) is 12.1 Å². The van der Waals surface area contributed by atoms with Gasteiger partial charge in [0.2, 0.25) is 5.95 Å². The molecule has 3 rings (SSSR count). The predicted octanol–water partition coefficient (Wildman–Crippen LogP) is 6.36. The molecule has 1 aliphatic carbocycles. The topological polar surface area (TPSA) is 122 Å². The second-order valence-corrected chi connectivity index (χ2v) is 11.7. The monoisotopic (exact) mass is 564 g/mol. The van der Waals surface area contributed by atoms with Crippen LogP contribution in [-0.2, 0) is 9.47 Å². The lowest BCUT2D eigenvalue weighted by atomic mass is 9.89. The van der Waals surface area contributed by atoms with E-state index in [1.54, 1.807) is 53.8 Å². The maximum atomic E-state index is 13.0. The van der Waals surface area contributed by atoms with E-state index in [9.17, 15) is 19.5 Å². The van der Waals surface area contributed by atoms with Crippen molar-refractivity contribution < 1.29 is 29.0 Å². The van der Waals surface area contributed by atoms with Crippen LogP contribution in [0.4, 0.5) is 20.3 Å². The van der Waals surface area contributed by atoms with Crippen molar-refractivity contribution in [3.05, 3.63) is 28.9 Å². The zero-order valence-corrected chi connectivity index (χ0v) is 23.0. The summed E-state index contributed by atoms with van der Waals surface area (Å²) in [6.45, 7) is 10.3. The highest BCUT2D eigenvalue weighted by atomic mass is 79.9. The Morgan fingerprint density at radius 2 is 1.47 bits per heavy atom. The molecule has 1 aliphatic rings. The first-order valence-electron chi connectivity index (χ1n) is 11.8. The fourth-order valence-electron chi connectivity index (χ4n) is 4.09. The van der Waals surface area contributed by atoms with Gasteiger partial charge in [0.1, 0.15) is 11.2 Å². The molecule has 1 heterocycles. The highest BCUT2D eigenvalue weighted by Crippen LogP contribution is 2.31. The van der Waals surface area contributed by atoms with Crippen LogP contribution in [0.5, 0.6) is 0 Å². The second-order valence-electron chi connectivity index (χ2n) is 10.8. The largest absolute Gasteiger partial charge is 0.465 e. The number of fused-ring (bicyclic) bond motifs is 1. The molecule has 1 fully saturated rings. The van der Waals surface area contributed by atoms with Crippen molar-refractivity contribution >= 4 is 51.1 Å². The van der Waals surface area contributed by atoms with Crippen molar-refractivity contribution in [3.63, 3.8) is 0 Å². The van der Waals surface area contributed by atoms with Gasteiger partial charge in [0.15, 0.2) is 0 Å². The molecule has 1 aromatic heterocycles. The first-order valence-corrected chi connectivity index (χ1v) is 12.6. The molecule has 0 unspecified atom stereocenters. The van der Waals surface area contributed by atoms with Gasteiger partial charge in [0, 0.05) is 28.1 Å². The van der Waals surface area contributed by atoms with Gasteiger partial charge in [0.05, 0.1) is 5.52 Å². The van der Waals surface area contributed by atoms with Crippen LogP contribution in [0.15, 0.2) is 28.9 Å². The van der Waals surface area contributed by atoms with Gasteiger partial charge >= 0.3 is 18.3 Å². The van der Waals surface area contributed by atoms with Crippen LogP contribution in [-0.4, -0.2) is 61.5 Å². The third-order valence-electron chi connectivity index (χ3n) is 5.53. The van der Waals surface area contributed by atoms with Crippen molar-refractivity contribution in [1.29, 1.82) is 0 Å². The zero-order valence-electron chi connectivity index (χ0n) is 21.4. The number of benzene rings is 1. The first-order chi connectivity index (χ1) is 16.6. The SMILES string of the molecule is CC(C)(C)OC(=O)N(C(=O)OC(C)(C)C)C1CCC(N(C(=O)O)c2ncc3cc(Br)ccc3n2)CC1. The predicted molar refractivity (Wildman–Crippen MR) is 138 cm³/mol. The lowest BCUT2D eigenvalue weighted by molar-refractivity contribution is -0.0112. The molecule has 0 aliphatic heterocycles. The Balaban J connectivity index is 1.80. The molecule has 3 amide bonds. The van der Waals surface area contributed by atoms with Gasteiger partial charge in [-0.15, -0.1) is 0 Å². The molecule has 1 saturated carbocycles. The van der Waals surface area contributed by atoms with E-state index in [-0.39, 0.29) is 5.95 Å². The summed E-state index contributed by atoms with van der Waals surface area (Å²) in [5.41, 5.74) is -0.959. The molecule has 0 saturated heterocycles. The van der Waals surface area contributed by atoms with E-state index in [2.05, 4.69) is 25.9 Å². The quantitative estimate of drug-likeness (QED) is 0.456. The molecule has 1 N–H and O–H groups in total. The standard InChI is InChI=1S/C25H33BrN4O6/c1-24(2,3)35-22(33)30(23(34)36-25(4,5)6)18-10-8-17(9-11-18)29(21(31)32)20-27-14-15-13-16(26)7-12-19(15)28-20/h7,12-14,17-18H,8-11H2,1-6H3,(H,31,32). The molecular formula is C25H33BrN4O6. The van der Waals surface area contributed by atoms with Gasteiger partial charge in [-0.25, -0.2) is 34.2 Å². The second kappa shape index (κ2) is 10.6. The van der Waals surface area contributed by atoms with Crippen LogP contribution in [0.3, 0.4) is 0 Å². The minimum Gasteiger partial charge on any atom is -0.465 e. The summed E-state index contributed by atoms with van der Waals surface area (Å²) in [6.07, 6.45) is 0.448. The molecular weight excluding hydrogens is 532 g/mol. The highest BCUT2D eigenvalue weighted by molar-refractivity contribution is 9.10. The van der Waals surface area contributed by atoms with Crippen LogP contribution >= 0.6 is 15.9 Å². The molecule has 0 atom stereocenters. The molecule has 11 heteroatoms. The van der Waals surface area contributed by atoms with Crippen LogP contribution in [0, 0.1) is 0 Å². The van der Waals surface area contributed by atoms with E-state index in [4.69, 9.17) is 9.47 Å². The summed E-state index contributed by atoms with van der Waals surface area (Å²) in [4.78, 5) is 49.1. The average Bonchev–Trinajstić information content (AvgIpc) is 2.72.